The smallest absolute Gasteiger partial charge is 0.229 e. The van der Waals surface area contributed by atoms with Crippen molar-refractivity contribution in [2.24, 2.45) is 5.41 Å². The zero-order valence-corrected chi connectivity index (χ0v) is 17.2. The molecule has 0 atom stereocenters. The molecule has 2 rings (SSSR count). The van der Waals surface area contributed by atoms with Crippen molar-refractivity contribution in [3.8, 4) is 0 Å². The van der Waals surface area contributed by atoms with Crippen LogP contribution in [0.2, 0.25) is 0 Å². The van der Waals surface area contributed by atoms with Crippen molar-refractivity contribution in [1.29, 1.82) is 0 Å². The summed E-state index contributed by atoms with van der Waals surface area (Å²) in [6, 6.07) is 0. The normalized spacial score (nSPS) is 16.3. The third-order valence-electron chi connectivity index (χ3n) is 4.80. The molecule has 25 heavy (non-hydrogen) atoms. The van der Waals surface area contributed by atoms with Crippen molar-refractivity contribution in [1.82, 2.24) is 14.9 Å². The number of nitrogens with zero attached hydrogens (tertiary/aromatic N) is 4. The van der Waals surface area contributed by atoms with E-state index < -0.39 is 5.41 Å². The molecule has 1 fully saturated rings. The van der Waals surface area contributed by atoms with Crippen LogP contribution < -0.4 is 4.90 Å². The third-order valence-corrected chi connectivity index (χ3v) is 5.47. The Kier molecular flexibility index (Phi) is 6.30. The van der Waals surface area contributed by atoms with Crippen LogP contribution in [-0.2, 0) is 4.79 Å². The Morgan fingerprint density at radius 1 is 1.16 bits per heavy atom. The molecule has 0 spiro atoms. The van der Waals surface area contributed by atoms with Gasteiger partial charge < -0.3 is 9.80 Å². The number of carbonyl (C=O) groups is 1. The van der Waals surface area contributed by atoms with E-state index >= 15 is 0 Å². The van der Waals surface area contributed by atoms with Crippen LogP contribution >= 0.6 is 11.6 Å². The molecule has 1 amide bonds. The van der Waals surface area contributed by atoms with Gasteiger partial charge in [-0.2, -0.15) is 0 Å². The van der Waals surface area contributed by atoms with Gasteiger partial charge in [-0.05, 0) is 40.0 Å². The Morgan fingerprint density at radius 2 is 1.84 bits per heavy atom. The van der Waals surface area contributed by atoms with Crippen LogP contribution in [0.4, 0.5) is 5.82 Å². The molecule has 0 aromatic carbocycles. The Labute approximate surface area is 156 Å². The van der Waals surface area contributed by atoms with E-state index in [9.17, 15) is 4.79 Å². The van der Waals surface area contributed by atoms with Gasteiger partial charge in [0.1, 0.15) is 11.6 Å². The van der Waals surface area contributed by atoms with Gasteiger partial charge in [-0.15, -0.1) is 11.6 Å². The Morgan fingerprint density at radius 3 is 2.44 bits per heavy atom. The molecule has 2 heterocycles. The fourth-order valence-electron chi connectivity index (χ4n) is 3.44. The summed E-state index contributed by atoms with van der Waals surface area (Å²) < 4.78 is 0. The van der Waals surface area contributed by atoms with Crippen molar-refractivity contribution in [3.63, 3.8) is 0 Å². The highest BCUT2D eigenvalue weighted by Crippen LogP contribution is 2.29. The van der Waals surface area contributed by atoms with Crippen molar-refractivity contribution in [2.75, 3.05) is 37.0 Å². The number of anilines is 1. The van der Waals surface area contributed by atoms with Crippen LogP contribution in [0.15, 0.2) is 0 Å². The lowest BCUT2D eigenvalue weighted by Crippen LogP contribution is -2.43. The first-order valence-electron chi connectivity index (χ1n) is 9.12. The van der Waals surface area contributed by atoms with Crippen molar-refractivity contribution in [3.05, 3.63) is 17.1 Å². The van der Waals surface area contributed by atoms with Gasteiger partial charge in [0.25, 0.3) is 0 Å². The minimum atomic E-state index is -0.512. The summed E-state index contributed by atoms with van der Waals surface area (Å²) >= 11 is 5.99. The number of hydrogen-bond acceptors (Lipinski definition) is 4. The first kappa shape index (κ1) is 20.0. The van der Waals surface area contributed by atoms with Crippen LogP contribution in [-0.4, -0.2) is 52.8 Å². The molecule has 1 aliphatic heterocycles. The fraction of sp³-hybridized carbons (Fsp3) is 0.737. The van der Waals surface area contributed by atoms with Gasteiger partial charge in [0.15, 0.2) is 0 Å². The predicted octanol–water partition coefficient (Wildman–Crippen LogP) is 3.52. The van der Waals surface area contributed by atoms with Crippen molar-refractivity contribution in [2.45, 2.75) is 53.9 Å². The molecule has 1 aromatic heterocycles. The summed E-state index contributed by atoms with van der Waals surface area (Å²) in [6.45, 7) is 15.4. The lowest BCUT2D eigenvalue weighted by atomic mass is 9.94. The molecule has 6 heteroatoms. The number of aryl methyl sites for hydroxylation is 2. The summed E-state index contributed by atoms with van der Waals surface area (Å²) in [5.74, 6) is 2.69. The monoisotopic (exact) mass is 366 g/mol. The molecule has 0 aliphatic carbocycles. The summed E-state index contributed by atoms with van der Waals surface area (Å²) in [7, 11) is 0. The van der Waals surface area contributed by atoms with Crippen molar-refractivity contribution < 1.29 is 4.79 Å². The van der Waals surface area contributed by atoms with E-state index in [0.29, 0.717) is 18.3 Å². The van der Waals surface area contributed by atoms with Crippen LogP contribution in [0, 0.1) is 19.3 Å². The standard InChI is InChI=1S/C19H31ClN4O/c1-13(2)16-14(3)21-15(4)22-17(16)23-8-7-9-24(11-10-23)18(25)19(5,6)12-20/h13H,7-12H2,1-6H3. The van der Waals surface area contributed by atoms with E-state index in [4.69, 9.17) is 16.6 Å². The molecule has 1 aliphatic rings. The van der Waals surface area contributed by atoms with Crippen LogP contribution in [0.3, 0.4) is 0 Å². The highest BCUT2D eigenvalue weighted by molar-refractivity contribution is 6.19. The second kappa shape index (κ2) is 7.90. The molecule has 1 aromatic rings. The van der Waals surface area contributed by atoms with E-state index in [1.54, 1.807) is 0 Å². The fourth-order valence-corrected chi connectivity index (χ4v) is 3.55. The first-order chi connectivity index (χ1) is 11.7. The van der Waals surface area contributed by atoms with Gasteiger partial charge in [-0.25, -0.2) is 9.97 Å². The average molecular weight is 367 g/mol. The molecule has 140 valence electrons. The minimum Gasteiger partial charge on any atom is -0.354 e. The highest BCUT2D eigenvalue weighted by Gasteiger charge is 2.32. The Balaban J connectivity index is 2.23. The molecule has 0 saturated carbocycles. The lowest BCUT2D eigenvalue weighted by Gasteiger charge is -2.30. The van der Waals surface area contributed by atoms with E-state index in [2.05, 4.69) is 30.7 Å². The Bertz CT molecular complexity index is 630. The van der Waals surface area contributed by atoms with E-state index in [1.807, 2.05) is 25.7 Å². The maximum absolute atomic E-state index is 12.7. The molecule has 0 N–H and O–H groups in total. The third kappa shape index (κ3) is 4.43. The number of hydrogen-bond donors (Lipinski definition) is 0. The van der Waals surface area contributed by atoms with Crippen LogP contribution in [0.5, 0.6) is 0 Å². The maximum Gasteiger partial charge on any atom is 0.229 e. The number of halogens is 1. The lowest BCUT2D eigenvalue weighted by molar-refractivity contribution is -0.139. The largest absolute Gasteiger partial charge is 0.354 e. The van der Waals surface area contributed by atoms with Gasteiger partial charge in [-0.1, -0.05) is 13.8 Å². The zero-order chi connectivity index (χ0) is 18.8. The molecule has 0 bridgehead atoms. The highest BCUT2D eigenvalue weighted by atomic mass is 35.5. The summed E-state index contributed by atoms with van der Waals surface area (Å²) in [4.78, 5) is 26.3. The number of carbonyl (C=O) groups excluding carboxylic acids is 1. The van der Waals surface area contributed by atoms with E-state index in [0.717, 1.165) is 43.4 Å². The van der Waals surface area contributed by atoms with Crippen molar-refractivity contribution >= 4 is 23.3 Å². The summed E-state index contributed by atoms with van der Waals surface area (Å²) in [6.07, 6.45) is 0.934. The predicted molar refractivity (Wildman–Crippen MR) is 104 cm³/mol. The molecular weight excluding hydrogens is 336 g/mol. The van der Waals surface area contributed by atoms with E-state index in [1.165, 1.54) is 5.56 Å². The topological polar surface area (TPSA) is 49.3 Å². The van der Waals surface area contributed by atoms with Crippen LogP contribution in [0.25, 0.3) is 0 Å². The molecular formula is C19H31ClN4O. The van der Waals surface area contributed by atoms with Gasteiger partial charge in [0.05, 0.1) is 5.41 Å². The zero-order valence-electron chi connectivity index (χ0n) is 16.4. The summed E-state index contributed by atoms with van der Waals surface area (Å²) in [5, 5.41) is 0. The van der Waals surface area contributed by atoms with Gasteiger partial charge in [0, 0.05) is 43.3 Å². The van der Waals surface area contributed by atoms with E-state index in [-0.39, 0.29) is 5.91 Å². The number of rotatable bonds is 4. The van der Waals surface area contributed by atoms with Crippen LogP contribution in [0.1, 0.15) is 57.1 Å². The average Bonchev–Trinajstić information content (AvgIpc) is 2.78. The molecule has 0 radical (unpaired) electrons. The molecule has 1 saturated heterocycles. The second-order valence-corrected chi connectivity index (χ2v) is 8.17. The minimum absolute atomic E-state index is 0.142. The number of amides is 1. The summed E-state index contributed by atoms with van der Waals surface area (Å²) in [5.41, 5.74) is 1.76. The number of alkyl halides is 1. The molecule has 5 nitrogen and oxygen atoms in total. The first-order valence-corrected chi connectivity index (χ1v) is 9.66. The molecule has 0 unspecified atom stereocenters. The maximum atomic E-state index is 12.7. The van der Waals surface area contributed by atoms with Gasteiger partial charge in [0.2, 0.25) is 5.91 Å². The SMILES string of the molecule is Cc1nc(C)c(C(C)C)c(N2CCCN(C(=O)C(C)(C)CCl)CC2)n1. The quantitative estimate of drug-likeness (QED) is 0.765. The van der Waals surface area contributed by atoms with Gasteiger partial charge in [-0.3, -0.25) is 4.79 Å². The van der Waals surface area contributed by atoms with Gasteiger partial charge >= 0.3 is 0 Å². The number of aromatic nitrogens is 2. The Hall–Kier alpha value is -1.36. The second-order valence-electron chi connectivity index (χ2n) is 7.90.